The van der Waals surface area contributed by atoms with Gasteiger partial charge in [-0.2, -0.15) is 0 Å². The zero-order valence-corrected chi connectivity index (χ0v) is 18.5. The summed E-state index contributed by atoms with van der Waals surface area (Å²) < 4.78 is 10.4. The molecule has 2 aromatic carbocycles. The highest BCUT2D eigenvalue weighted by Crippen LogP contribution is 2.21. The summed E-state index contributed by atoms with van der Waals surface area (Å²) in [4.78, 5) is 41.2. The lowest BCUT2D eigenvalue weighted by molar-refractivity contribution is -0.131. The van der Waals surface area contributed by atoms with Crippen LogP contribution in [0.25, 0.3) is 22.8 Å². The fourth-order valence-electron chi connectivity index (χ4n) is 2.96. The van der Waals surface area contributed by atoms with Gasteiger partial charge in [0, 0.05) is 47.1 Å². The average Bonchev–Trinajstić information content (AvgIpc) is 2.84. The Morgan fingerprint density at radius 3 is 1.35 bits per heavy atom. The third-order valence-electron chi connectivity index (χ3n) is 4.61. The van der Waals surface area contributed by atoms with Crippen molar-refractivity contribution >= 4 is 11.9 Å². The molecule has 0 bridgehead atoms. The number of hydrogen-bond donors (Lipinski definition) is 0. The van der Waals surface area contributed by atoms with Crippen molar-refractivity contribution in [2.24, 2.45) is 0 Å². The molecule has 0 aliphatic rings. The number of rotatable bonds is 6. The van der Waals surface area contributed by atoms with Gasteiger partial charge in [-0.15, -0.1) is 0 Å². The highest BCUT2D eigenvalue weighted by atomic mass is 16.5. The lowest BCUT2D eigenvalue weighted by Crippen LogP contribution is -2.08. The largest absolute Gasteiger partial charge is 0.423 e. The van der Waals surface area contributed by atoms with Gasteiger partial charge in [-0.3, -0.25) is 0 Å². The number of carbonyl (C=O) groups excluding carboxylic acids is 2. The highest BCUT2D eigenvalue weighted by Gasteiger charge is 2.07. The first-order chi connectivity index (χ1) is 16.5. The van der Waals surface area contributed by atoms with E-state index in [2.05, 4.69) is 19.9 Å². The zero-order chi connectivity index (χ0) is 23.9. The van der Waals surface area contributed by atoms with E-state index in [1.165, 1.54) is 0 Å². The zero-order valence-electron chi connectivity index (χ0n) is 18.5. The molecule has 34 heavy (non-hydrogen) atoms. The van der Waals surface area contributed by atoms with Crippen molar-refractivity contribution in [3.8, 4) is 34.3 Å². The smallest absolute Gasteiger partial charge is 0.336 e. The summed E-state index contributed by atoms with van der Waals surface area (Å²) in [5.41, 5.74) is 3.30. The van der Waals surface area contributed by atoms with Gasteiger partial charge in [-0.25, -0.2) is 29.5 Å². The van der Waals surface area contributed by atoms with Crippen LogP contribution in [0.1, 0.15) is 11.4 Å². The second kappa shape index (κ2) is 10.3. The van der Waals surface area contributed by atoms with E-state index < -0.39 is 11.9 Å². The fourth-order valence-corrected chi connectivity index (χ4v) is 2.96. The normalized spacial score (nSPS) is 10.8. The minimum atomic E-state index is -0.705. The van der Waals surface area contributed by atoms with Crippen LogP contribution in [0.3, 0.4) is 0 Å². The molecule has 168 valence electrons. The van der Waals surface area contributed by atoms with Gasteiger partial charge in [0.25, 0.3) is 0 Å². The number of aromatic nitrogens is 4. The first kappa shape index (κ1) is 22.5. The van der Waals surface area contributed by atoms with Gasteiger partial charge in [0.2, 0.25) is 0 Å². The second-order valence-corrected chi connectivity index (χ2v) is 7.27. The van der Waals surface area contributed by atoms with E-state index in [1.54, 1.807) is 60.9 Å². The maximum atomic E-state index is 12.0. The van der Waals surface area contributed by atoms with Gasteiger partial charge in [0.1, 0.15) is 11.5 Å². The van der Waals surface area contributed by atoms with Gasteiger partial charge < -0.3 is 9.47 Å². The summed E-state index contributed by atoms with van der Waals surface area (Å²) in [6, 6.07) is 17.1. The molecule has 8 nitrogen and oxygen atoms in total. The van der Waals surface area contributed by atoms with E-state index in [4.69, 9.17) is 9.47 Å². The number of nitrogens with zero attached hydrogens (tertiary/aromatic N) is 4. The number of carbonyl (C=O) groups is 2. The number of aryl methyl sites for hydroxylation is 2. The number of benzene rings is 2. The Morgan fingerprint density at radius 1 is 0.618 bits per heavy atom. The topological polar surface area (TPSA) is 104 Å². The van der Waals surface area contributed by atoms with Crippen LogP contribution in [0, 0.1) is 13.8 Å². The van der Waals surface area contributed by atoms with Crippen molar-refractivity contribution in [3.05, 3.63) is 96.6 Å². The minimum absolute atomic E-state index is 0.327. The molecular weight excluding hydrogens is 432 g/mol. The molecule has 0 N–H and O–H groups in total. The molecule has 0 unspecified atom stereocenters. The Bertz CT molecular complexity index is 1250. The predicted octanol–water partition coefficient (Wildman–Crippen LogP) is 4.28. The van der Waals surface area contributed by atoms with E-state index in [0.717, 1.165) is 34.7 Å². The summed E-state index contributed by atoms with van der Waals surface area (Å²) in [5.74, 6) is 0.411. The second-order valence-electron chi connectivity index (χ2n) is 7.27. The van der Waals surface area contributed by atoms with Gasteiger partial charge >= 0.3 is 11.9 Å². The molecular formula is C26H20N4O4. The van der Waals surface area contributed by atoms with E-state index >= 15 is 0 Å². The van der Waals surface area contributed by atoms with Gasteiger partial charge in [-0.1, -0.05) is 0 Å². The van der Waals surface area contributed by atoms with Gasteiger partial charge in [0.05, 0.1) is 0 Å². The van der Waals surface area contributed by atoms with Crippen LogP contribution in [-0.4, -0.2) is 31.9 Å². The van der Waals surface area contributed by atoms with Gasteiger partial charge in [0.15, 0.2) is 11.6 Å². The minimum Gasteiger partial charge on any atom is -0.423 e. The maximum Gasteiger partial charge on any atom is 0.336 e. The van der Waals surface area contributed by atoms with E-state index in [0.29, 0.717) is 23.1 Å². The highest BCUT2D eigenvalue weighted by molar-refractivity contribution is 5.93. The summed E-state index contributed by atoms with van der Waals surface area (Å²) in [5, 5.41) is 0. The quantitative estimate of drug-likeness (QED) is 0.242. The molecule has 4 aromatic rings. The van der Waals surface area contributed by atoms with E-state index in [9.17, 15) is 9.59 Å². The third-order valence-corrected chi connectivity index (χ3v) is 4.61. The van der Waals surface area contributed by atoms with Crippen LogP contribution in [-0.2, 0) is 9.59 Å². The predicted molar refractivity (Wildman–Crippen MR) is 125 cm³/mol. The Morgan fingerprint density at radius 2 is 1.00 bits per heavy atom. The average molecular weight is 452 g/mol. The SMILES string of the molecule is Cc1ccnc(-c2ccc(OC(=O)/C=C\C(=O)Oc3ccc(-c4nccc(C)n4)cc3)cc2)n1. The molecule has 2 heterocycles. The molecule has 0 saturated heterocycles. The number of ether oxygens (including phenoxy) is 2. The first-order valence-corrected chi connectivity index (χ1v) is 10.4. The summed E-state index contributed by atoms with van der Waals surface area (Å²) in [7, 11) is 0. The van der Waals surface area contributed by atoms with Crippen LogP contribution in [0.5, 0.6) is 11.5 Å². The Kier molecular flexibility index (Phi) is 6.78. The van der Waals surface area contributed by atoms with Crippen LogP contribution in [0.2, 0.25) is 0 Å². The van der Waals surface area contributed by atoms with Crippen molar-refractivity contribution in [1.82, 2.24) is 19.9 Å². The molecule has 0 atom stereocenters. The van der Waals surface area contributed by atoms with E-state index in [-0.39, 0.29) is 0 Å². The van der Waals surface area contributed by atoms with Gasteiger partial charge in [-0.05, 0) is 74.5 Å². The lowest BCUT2D eigenvalue weighted by Gasteiger charge is -2.05. The standard InChI is InChI=1S/C26H20N4O4/c1-17-13-15-27-25(29-17)19-3-7-21(8-4-19)33-23(31)11-12-24(32)34-22-9-5-20(6-10-22)26-28-16-14-18(2)30-26/h3-16H,1-2H3/b12-11-. The molecule has 0 spiro atoms. The third kappa shape index (κ3) is 5.95. The van der Waals surface area contributed by atoms with Crippen LogP contribution < -0.4 is 9.47 Å². The van der Waals surface area contributed by atoms with Crippen LogP contribution in [0.4, 0.5) is 0 Å². The molecule has 4 rings (SSSR count). The van der Waals surface area contributed by atoms with Crippen LogP contribution in [0.15, 0.2) is 85.2 Å². The summed E-state index contributed by atoms with van der Waals surface area (Å²) >= 11 is 0. The Labute approximate surface area is 196 Å². The molecule has 0 fully saturated rings. The first-order valence-electron chi connectivity index (χ1n) is 10.4. The molecule has 0 radical (unpaired) electrons. The summed E-state index contributed by atoms with van der Waals surface area (Å²) in [6.45, 7) is 3.77. The van der Waals surface area contributed by atoms with Crippen molar-refractivity contribution in [1.29, 1.82) is 0 Å². The number of hydrogen-bond acceptors (Lipinski definition) is 8. The van der Waals surface area contributed by atoms with Crippen LogP contribution >= 0.6 is 0 Å². The molecule has 0 saturated carbocycles. The molecule has 0 aliphatic carbocycles. The monoisotopic (exact) mass is 452 g/mol. The van der Waals surface area contributed by atoms with Crippen molar-refractivity contribution in [2.75, 3.05) is 0 Å². The molecule has 2 aromatic heterocycles. The Balaban J connectivity index is 1.31. The van der Waals surface area contributed by atoms with Crippen molar-refractivity contribution in [2.45, 2.75) is 13.8 Å². The molecule has 8 heteroatoms. The maximum absolute atomic E-state index is 12.0. The summed E-state index contributed by atoms with van der Waals surface area (Å²) in [6.07, 6.45) is 5.38. The fraction of sp³-hybridized carbons (Fsp3) is 0.0769. The lowest BCUT2D eigenvalue weighted by atomic mass is 10.2. The number of esters is 2. The Hall–Kier alpha value is -4.72. The van der Waals surface area contributed by atoms with Crippen molar-refractivity contribution in [3.63, 3.8) is 0 Å². The van der Waals surface area contributed by atoms with Crippen molar-refractivity contribution < 1.29 is 19.1 Å². The molecule has 0 aliphatic heterocycles. The molecule has 0 amide bonds. The van der Waals surface area contributed by atoms with E-state index in [1.807, 2.05) is 26.0 Å².